The highest BCUT2D eigenvalue weighted by atomic mass is 16.5. The number of likely N-dealkylation sites (tertiary alicyclic amines) is 1. The van der Waals surface area contributed by atoms with Crippen LogP contribution in [0.5, 0.6) is 0 Å². The first-order chi connectivity index (χ1) is 10.8. The summed E-state index contributed by atoms with van der Waals surface area (Å²) in [6.45, 7) is 3.57. The van der Waals surface area contributed by atoms with Gasteiger partial charge in [0, 0.05) is 19.1 Å². The third kappa shape index (κ3) is 4.82. The maximum atomic E-state index is 12.2. The van der Waals surface area contributed by atoms with Gasteiger partial charge in [-0.2, -0.15) is 0 Å². The Morgan fingerprint density at radius 2 is 1.86 bits per heavy atom. The number of rotatable bonds is 7. The van der Waals surface area contributed by atoms with E-state index in [0.717, 1.165) is 37.4 Å². The molecule has 0 spiro atoms. The Bertz CT molecular complexity index is 465. The van der Waals surface area contributed by atoms with Gasteiger partial charge in [-0.15, -0.1) is 0 Å². The third-order valence-corrected chi connectivity index (χ3v) is 4.58. The fourth-order valence-electron chi connectivity index (χ4n) is 2.91. The van der Waals surface area contributed by atoms with Gasteiger partial charge >= 0.3 is 0 Å². The van der Waals surface area contributed by atoms with Crippen LogP contribution in [0.25, 0.3) is 0 Å². The molecular formula is C18H26N2O2. The van der Waals surface area contributed by atoms with Crippen molar-refractivity contribution in [3.05, 3.63) is 35.9 Å². The Labute approximate surface area is 132 Å². The second-order valence-electron chi connectivity index (χ2n) is 6.49. The van der Waals surface area contributed by atoms with Gasteiger partial charge in [0.2, 0.25) is 5.91 Å². The highest BCUT2D eigenvalue weighted by Crippen LogP contribution is 2.28. The number of carbonyl (C=O) groups is 1. The summed E-state index contributed by atoms with van der Waals surface area (Å²) >= 11 is 0. The van der Waals surface area contributed by atoms with E-state index in [1.54, 1.807) is 0 Å². The first-order valence-electron chi connectivity index (χ1n) is 8.44. The second kappa shape index (κ2) is 7.75. The zero-order chi connectivity index (χ0) is 15.2. The highest BCUT2D eigenvalue weighted by molar-refractivity contribution is 5.77. The van der Waals surface area contributed by atoms with Crippen LogP contribution in [0.3, 0.4) is 0 Å². The van der Waals surface area contributed by atoms with Crippen molar-refractivity contribution in [2.75, 3.05) is 26.2 Å². The third-order valence-electron chi connectivity index (χ3n) is 4.58. The van der Waals surface area contributed by atoms with Crippen LogP contribution in [0.2, 0.25) is 0 Å². The average molecular weight is 302 g/mol. The summed E-state index contributed by atoms with van der Waals surface area (Å²) in [4.78, 5) is 14.1. The van der Waals surface area contributed by atoms with Crippen molar-refractivity contribution in [1.29, 1.82) is 0 Å². The van der Waals surface area contributed by atoms with Gasteiger partial charge in [-0.25, -0.2) is 0 Å². The zero-order valence-electron chi connectivity index (χ0n) is 13.2. The Morgan fingerprint density at radius 3 is 2.55 bits per heavy atom. The molecule has 0 radical (unpaired) electrons. The maximum absolute atomic E-state index is 12.2. The van der Waals surface area contributed by atoms with Crippen molar-refractivity contribution in [3.63, 3.8) is 0 Å². The molecular weight excluding hydrogens is 276 g/mol. The molecule has 0 atom stereocenters. The van der Waals surface area contributed by atoms with Crippen molar-refractivity contribution in [3.8, 4) is 0 Å². The first kappa shape index (κ1) is 15.5. The van der Waals surface area contributed by atoms with Gasteiger partial charge in [-0.1, -0.05) is 30.3 Å². The van der Waals surface area contributed by atoms with Crippen LogP contribution in [0.1, 0.15) is 31.2 Å². The number of piperidine rings is 1. The van der Waals surface area contributed by atoms with Crippen LogP contribution in [0.15, 0.2) is 30.3 Å². The molecule has 0 unspecified atom stereocenters. The van der Waals surface area contributed by atoms with Gasteiger partial charge in [0.25, 0.3) is 0 Å². The molecule has 1 heterocycles. The minimum Gasteiger partial charge on any atom is -0.367 e. The molecule has 1 saturated carbocycles. The zero-order valence-corrected chi connectivity index (χ0v) is 13.2. The van der Waals surface area contributed by atoms with E-state index < -0.39 is 0 Å². The van der Waals surface area contributed by atoms with Crippen molar-refractivity contribution >= 4 is 5.91 Å². The Hall–Kier alpha value is -1.39. The number of amides is 1. The Balaban J connectivity index is 1.31. The summed E-state index contributed by atoms with van der Waals surface area (Å²) in [5.41, 5.74) is 1.11. The van der Waals surface area contributed by atoms with E-state index >= 15 is 0 Å². The first-order valence-corrected chi connectivity index (χ1v) is 8.44. The SMILES string of the molecule is O=C(COCc1ccccc1)N1CCC(NCC2CC2)CC1. The molecule has 22 heavy (non-hydrogen) atoms. The van der Waals surface area contributed by atoms with Gasteiger partial charge in [0.15, 0.2) is 0 Å². The molecule has 1 aromatic rings. The molecule has 4 heteroatoms. The number of hydrogen-bond donors (Lipinski definition) is 1. The van der Waals surface area contributed by atoms with Crippen LogP contribution < -0.4 is 5.32 Å². The lowest BCUT2D eigenvalue weighted by Crippen LogP contribution is -2.46. The number of nitrogens with zero attached hydrogens (tertiary/aromatic N) is 1. The Kier molecular flexibility index (Phi) is 5.46. The summed E-state index contributed by atoms with van der Waals surface area (Å²) < 4.78 is 5.54. The van der Waals surface area contributed by atoms with E-state index in [4.69, 9.17) is 4.74 Å². The van der Waals surface area contributed by atoms with Crippen molar-refractivity contribution in [2.24, 2.45) is 5.92 Å². The average Bonchev–Trinajstić information content (AvgIpc) is 3.39. The molecule has 1 aromatic carbocycles. The van der Waals surface area contributed by atoms with Crippen molar-refractivity contribution in [1.82, 2.24) is 10.2 Å². The number of ether oxygens (including phenoxy) is 1. The fraction of sp³-hybridized carbons (Fsp3) is 0.611. The molecule has 120 valence electrons. The molecule has 0 bridgehead atoms. The standard InChI is InChI=1S/C18H26N2O2/c21-18(14-22-13-16-4-2-1-3-5-16)20-10-8-17(9-11-20)19-12-15-6-7-15/h1-5,15,17,19H,6-14H2. The van der Waals surface area contributed by atoms with Crippen LogP contribution in [-0.4, -0.2) is 43.1 Å². The molecule has 4 nitrogen and oxygen atoms in total. The van der Waals surface area contributed by atoms with E-state index in [9.17, 15) is 4.79 Å². The summed E-state index contributed by atoms with van der Waals surface area (Å²) in [6, 6.07) is 10.6. The fourth-order valence-corrected chi connectivity index (χ4v) is 2.91. The molecule has 3 rings (SSSR count). The molecule has 1 aliphatic heterocycles. The van der Waals surface area contributed by atoms with Crippen molar-refractivity contribution in [2.45, 2.75) is 38.3 Å². The summed E-state index contributed by atoms with van der Waals surface area (Å²) in [7, 11) is 0. The number of hydrogen-bond acceptors (Lipinski definition) is 3. The van der Waals surface area contributed by atoms with Crippen LogP contribution in [-0.2, 0) is 16.1 Å². The Morgan fingerprint density at radius 1 is 1.14 bits per heavy atom. The second-order valence-corrected chi connectivity index (χ2v) is 6.49. The van der Waals surface area contributed by atoms with Gasteiger partial charge in [-0.3, -0.25) is 4.79 Å². The smallest absolute Gasteiger partial charge is 0.248 e. The van der Waals surface area contributed by atoms with E-state index in [1.807, 2.05) is 35.2 Å². The maximum Gasteiger partial charge on any atom is 0.248 e. The van der Waals surface area contributed by atoms with Gasteiger partial charge in [-0.05, 0) is 43.7 Å². The number of carbonyl (C=O) groups excluding carboxylic acids is 1. The van der Waals surface area contributed by atoms with Gasteiger partial charge in [0.1, 0.15) is 6.61 Å². The summed E-state index contributed by atoms with van der Waals surface area (Å²) in [5.74, 6) is 1.04. The molecule has 2 aliphatic rings. The van der Waals surface area contributed by atoms with E-state index in [0.29, 0.717) is 12.6 Å². The van der Waals surface area contributed by atoms with E-state index in [2.05, 4.69) is 5.32 Å². The van der Waals surface area contributed by atoms with Crippen LogP contribution >= 0.6 is 0 Å². The van der Waals surface area contributed by atoms with Gasteiger partial charge in [0.05, 0.1) is 6.61 Å². The summed E-state index contributed by atoms with van der Waals surface area (Å²) in [5, 5.41) is 3.64. The predicted molar refractivity (Wildman–Crippen MR) is 86.4 cm³/mol. The molecule has 1 amide bonds. The molecule has 1 saturated heterocycles. The lowest BCUT2D eigenvalue weighted by atomic mass is 10.0. The largest absolute Gasteiger partial charge is 0.367 e. The lowest BCUT2D eigenvalue weighted by Gasteiger charge is -2.32. The lowest BCUT2D eigenvalue weighted by molar-refractivity contribution is -0.137. The van der Waals surface area contributed by atoms with Gasteiger partial charge < -0.3 is 15.0 Å². The van der Waals surface area contributed by atoms with Crippen molar-refractivity contribution < 1.29 is 9.53 Å². The molecule has 2 fully saturated rings. The van der Waals surface area contributed by atoms with Crippen LogP contribution in [0, 0.1) is 5.92 Å². The number of nitrogens with one attached hydrogen (secondary N) is 1. The van der Waals surface area contributed by atoms with E-state index in [-0.39, 0.29) is 12.5 Å². The molecule has 0 aromatic heterocycles. The monoisotopic (exact) mass is 302 g/mol. The normalized spacial score (nSPS) is 19.4. The minimum atomic E-state index is 0.122. The molecule has 1 aliphatic carbocycles. The topological polar surface area (TPSA) is 41.6 Å². The predicted octanol–water partition coefficient (Wildman–Crippen LogP) is 2.19. The quantitative estimate of drug-likeness (QED) is 0.839. The number of benzene rings is 1. The highest BCUT2D eigenvalue weighted by Gasteiger charge is 2.25. The molecule has 1 N–H and O–H groups in total. The van der Waals surface area contributed by atoms with E-state index in [1.165, 1.54) is 19.4 Å². The minimum absolute atomic E-state index is 0.122. The van der Waals surface area contributed by atoms with Crippen LogP contribution in [0.4, 0.5) is 0 Å². The summed E-state index contributed by atoms with van der Waals surface area (Å²) in [6.07, 6.45) is 4.92.